The van der Waals surface area contributed by atoms with E-state index in [1.54, 1.807) is 0 Å². The zero-order chi connectivity index (χ0) is 10.7. The summed E-state index contributed by atoms with van der Waals surface area (Å²) >= 11 is 0. The first-order valence-electron chi connectivity index (χ1n) is 5.67. The summed E-state index contributed by atoms with van der Waals surface area (Å²) in [6, 6.07) is 1.31. The highest BCUT2D eigenvalue weighted by Crippen LogP contribution is 2.18. The van der Waals surface area contributed by atoms with Crippen molar-refractivity contribution in [3.8, 4) is 0 Å². The van der Waals surface area contributed by atoms with Gasteiger partial charge in [-0.3, -0.25) is 0 Å². The van der Waals surface area contributed by atoms with E-state index in [1.807, 2.05) is 24.1 Å². The minimum Gasteiger partial charge on any atom is -0.337 e. The zero-order valence-electron chi connectivity index (χ0n) is 9.53. The van der Waals surface area contributed by atoms with Gasteiger partial charge in [0.1, 0.15) is 0 Å². The van der Waals surface area contributed by atoms with E-state index in [-0.39, 0.29) is 0 Å². The molecule has 2 N–H and O–H groups in total. The maximum absolute atomic E-state index is 4.09. The van der Waals surface area contributed by atoms with Gasteiger partial charge in [0, 0.05) is 38.4 Å². The van der Waals surface area contributed by atoms with Crippen LogP contribution in [0, 0.1) is 0 Å². The molecule has 1 aromatic heterocycles. The minimum absolute atomic E-state index is 0.514. The van der Waals surface area contributed by atoms with Crippen LogP contribution in [0.4, 0.5) is 0 Å². The van der Waals surface area contributed by atoms with E-state index in [1.165, 1.54) is 18.5 Å². The number of nitrogens with one attached hydrogen (secondary N) is 2. The fourth-order valence-electron chi connectivity index (χ4n) is 1.54. The van der Waals surface area contributed by atoms with Crippen LogP contribution in [0.5, 0.6) is 0 Å². The number of rotatable bonds is 6. The number of hydrogen-bond acceptors (Lipinski definition) is 3. The average molecular weight is 208 g/mol. The van der Waals surface area contributed by atoms with Crippen molar-refractivity contribution in [3.63, 3.8) is 0 Å². The number of aryl methyl sites for hydroxylation is 1. The summed E-state index contributed by atoms with van der Waals surface area (Å²) < 4.78 is 2.05. The first kappa shape index (κ1) is 10.6. The molecular weight excluding hydrogens is 188 g/mol. The summed E-state index contributed by atoms with van der Waals surface area (Å²) in [7, 11) is 2.02. The molecule has 1 atom stereocenters. The molecule has 1 heterocycles. The van der Waals surface area contributed by atoms with Gasteiger partial charge < -0.3 is 15.2 Å². The predicted molar refractivity (Wildman–Crippen MR) is 60.5 cm³/mol. The lowest BCUT2D eigenvalue weighted by Crippen LogP contribution is -2.37. The molecule has 0 aromatic carbocycles. The molecule has 1 aliphatic carbocycles. The maximum atomic E-state index is 4.09. The molecule has 1 aliphatic rings. The van der Waals surface area contributed by atoms with Gasteiger partial charge in [-0.25, -0.2) is 4.98 Å². The largest absolute Gasteiger partial charge is 0.337 e. The van der Waals surface area contributed by atoms with Gasteiger partial charge in [-0.2, -0.15) is 0 Å². The third kappa shape index (κ3) is 3.32. The standard InChI is InChI=1S/C11H20N4/c1-9(5-14-10-3-4-10)13-7-11-6-12-8-15(11)2/h6,8-10,13-14H,3-5,7H2,1-2H3. The molecule has 0 radical (unpaired) electrons. The molecule has 0 aliphatic heterocycles. The molecule has 1 fully saturated rings. The minimum atomic E-state index is 0.514. The second-order valence-electron chi connectivity index (χ2n) is 4.46. The Labute approximate surface area is 91.1 Å². The summed E-state index contributed by atoms with van der Waals surface area (Å²) in [5, 5.41) is 7.00. The number of imidazole rings is 1. The van der Waals surface area contributed by atoms with Gasteiger partial charge in [-0.1, -0.05) is 0 Å². The molecule has 15 heavy (non-hydrogen) atoms. The highest BCUT2D eigenvalue weighted by Gasteiger charge is 2.20. The summed E-state index contributed by atoms with van der Waals surface area (Å²) in [6.45, 7) is 4.16. The normalized spacial score (nSPS) is 18.0. The van der Waals surface area contributed by atoms with Gasteiger partial charge in [0.05, 0.1) is 12.0 Å². The number of aromatic nitrogens is 2. The van der Waals surface area contributed by atoms with Crippen molar-refractivity contribution in [2.24, 2.45) is 7.05 Å². The predicted octanol–water partition coefficient (Wildman–Crippen LogP) is 0.650. The fourth-order valence-corrected chi connectivity index (χ4v) is 1.54. The monoisotopic (exact) mass is 208 g/mol. The third-order valence-electron chi connectivity index (χ3n) is 2.84. The Kier molecular flexibility index (Phi) is 3.38. The topological polar surface area (TPSA) is 41.9 Å². The Morgan fingerprint density at radius 2 is 2.40 bits per heavy atom. The van der Waals surface area contributed by atoms with Crippen molar-refractivity contribution in [3.05, 3.63) is 18.2 Å². The van der Waals surface area contributed by atoms with Gasteiger partial charge in [0.25, 0.3) is 0 Å². The molecule has 84 valence electrons. The lowest BCUT2D eigenvalue weighted by atomic mass is 10.3. The average Bonchev–Trinajstić information content (AvgIpc) is 2.96. The van der Waals surface area contributed by atoms with E-state index in [9.17, 15) is 0 Å². The Hall–Kier alpha value is -0.870. The van der Waals surface area contributed by atoms with Crippen LogP contribution in [0.25, 0.3) is 0 Å². The number of nitrogens with zero attached hydrogens (tertiary/aromatic N) is 2. The SMILES string of the molecule is CC(CNC1CC1)NCc1cncn1C. The maximum Gasteiger partial charge on any atom is 0.0945 e. The van der Waals surface area contributed by atoms with Crippen LogP contribution < -0.4 is 10.6 Å². The van der Waals surface area contributed by atoms with E-state index in [2.05, 4.69) is 22.5 Å². The van der Waals surface area contributed by atoms with Crippen molar-refractivity contribution in [1.82, 2.24) is 20.2 Å². The van der Waals surface area contributed by atoms with Crippen molar-refractivity contribution in [1.29, 1.82) is 0 Å². The third-order valence-corrected chi connectivity index (χ3v) is 2.84. The van der Waals surface area contributed by atoms with Crippen molar-refractivity contribution in [2.45, 2.75) is 38.4 Å². The van der Waals surface area contributed by atoms with Crippen molar-refractivity contribution < 1.29 is 0 Å². The molecule has 0 spiro atoms. The molecule has 4 heteroatoms. The second kappa shape index (κ2) is 4.77. The molecule has 1 unspecified atom stereocenters. The molecule has 0 bridgehead atoms. The van der Waals surface area contributed by atoms with Crippen LogP contribution in [0.2, 0.25) is 0 Å². The molecule has 0 saturated heterocycles. The second-order valence-corrected chi connectivity index (χ2v) is 4.46. The fraction of sp³-hybridized carbons (Fsp3) is 0.727. The van der Waals surface area contributed by atoms with Crippen LogP contribution in [0.1, 0.15) is 25.5 Å². The molecule has 0 amide bonds. The number of hydrogen-bond donors (Lipinski definition) is 2. The molecular formula is C11H20N4. The summed E-state index contributed by atoms with van der Waals surface area (Å²) in [4.78, 5) is 4.09. The Morgan fingerprint density at radius 3 is 3.00 bits per heavy atom. The van der Waals surface area contributed by atoms with Crippen LogP contribution in [-0.2, 0) is 13.6 Å². The van der Waals surface area contributed by atoms with Gasteiger partial charge >= 0.3 is 0 Å². The lowest BCUT2D eigenvalue weighted by Gasteiger charge is -2.14. The molecule has 1 aromatic rings. The van der Waals surface area contributed by atoms with Gasteiger partial charge in [-0.15, -0.1) is 0 Å². The van der Waals surface area contributed by atoms with Gasteiger partial charge in [0.15, 0.2) is 0 Å². The quantitative estimate of drug-likeness (QED) is 0.721. The summed E-state index contributed by atoms with van der Waals surface area (Å²) in [6.07, 6.45) is 6.46. The van der Waals surface area contributed by atoms with Gasteiger partial charge in [0.2, 0.25) is 0 Å². The Bertz CT molecular complexity index is 303. The van der Waals surface area contributed by atoms with E-state index in [4.69, 9.17) is 0 Å². The molecule has 2 rings (SSSR count). The Morgan fingerprint density at radius 1 is 1.60 bits per heavy atom. The van der Waals surface area contributed by atoms with E-state index in [0.29, 0.717) is 6.04 Å². The smallest absolute Gasteiger partial charge is 0.0945 e. The van der Waals surface area contributed by atoms with Gasteiger partial charge in [-0.05, 0) is 19.8 Å². The summed E-state index contributed by atoms with van der Waals surface area (Å²) in [5.74, 6) is 0. The Balaban J connectivity index is 1.65. The van der Waals surface area contributed by atoms with Crippen molar-refractivity contribution in [2.75, 3.05) is 6.54 Å². The first-order valence-corrected chi connectivity index (χ1v) is 5.67. The van der Waals surface area contributed by atoms with Crippen molar-refractivity contribution >= 4 is 0 Å². The van der Waals surface area contributed by atoms with E-state index < -0.39 is 0 Å². The molecule has 4 nitrogen and oxygen atoms in total. The van der Waals surface area contributed by atoms with E-state index >= 15 is 0 Å². The van der Waals surface area contributed by atoms with Crippen LogP contribution in [-0.4, -0.2) is 28.2 Å². The zero-order valence-corrected chi connectivity index (χ0v) is 9.53. The summed E-state index contributed by atoms with van der Waals surface area (Å²) in [5.41, 5.74) is 1.23. The lowest BCUT2D eigenvalue weighted by molar-refractivity contribution is 0.492. The van der Waals surface area contributed by atoms with Crippen LogP contribution in [0.15, 0.2) is 12.5 Å². The first-order chi connectivity index (χ1) is 7.25. The molecule has 1 saturated carbocycles. The van der Waals surface area contributed by atoms with Crippen LogP contribution >= 0.6 is 0 Å². The highest BCUT2D eigenvalue weighted by molar-refractivity contribution is 4.97. The highest BCUT2D eigenvalue weighted by atomic mass is 15.1. The van der Waals surface area contributed by atoms with E-state index in [0.717, 1.165) is 19.1 Å². The van der Waals surface area contributed by atoms with Crippen LogP contribution in [0.3, 0.4) is 0 Å².